The van der Waals surface area contributed by atoms with E-state index in [1.54, 1.807) is 0 Å². The van der Waals surface area contributed by atoms with Gasteiger partial charge in [-0.05, 0) is 24.3 Å². The lowest BCUT2D eigenvalue weighted by Crippen LogP contribution is -2.01. The summed E-state index contributed by atoms with van der Waals surface area (Å²) in [4.78, 5) is 0. The van der Waals surface area contributed by atoms with Crippen molar-refractivity contribution in [3.63, 3.8) is 0 Å². The van der Waals surface area contributed by atoms with Crippen molar-refractivity contribution in [1.29, 1.82) is 0 Å². The van der Waals surface area contributed by atoms with Crippen LogP contribution in [0.5, 0.6) is 0 Å². The van der Waals surface area contributed by atoms with Gasteiger partial charge >= 0.3 is 0 Å². The number of halogens is 2. The Labute approximate surface area is 130 Å². The van der Waals surface area contributed by atoms with Crippen LogP contribution in [0.3, 0.4) is 0 Å². The highest BCUT2D eigenvalue weighted by atomic mass is 79.9. The van der Waals surface area contributed by atoms with Gasteiger partial charge in [-0.3, -0.25) is 4.57 Å². The van der Waals surface area contributed by atoms with E-state index in [1.807, 2.05) is 59.2 Å². The molecule has 0 bridgehead atoms. The molecule has 0 amide bonds. The minimum atomic E-state index is 0.624. The van der Waals surface area contributed by atoms with Crippen LogP contribution in [-0.2, 0) is 5.33 Å². The van der Waals surface area contributed by atoms with Crippen molar-refractivity contribution >= 4 is 27.5 Å². The Kier molecular flexibility index (Phi) is 3.85. The van der Waals surface area contributed by atoms with Crippen molar-refractivity contribution in [3.05, 3.63) is 65.4 Å². The molecule has 0 fully saturated rings. The van der Waals surface area contributed by atoms with Gasteiger partial charge in [0, 0.05) is 11.3 Å². The average Bonchev–Trinajstić information content (AvgIpc) is 2.92. The number of nitrogens with zero attached hydrogens (tertiary/aromatic N) is 3. The molecule has 3 nitrogen and oxygen atoms in total. The first-order valence-electron chi connectivity index (χ1n) is 6.12. The number of para-hydroxylation sites is 1. The van der Waals surface area contributed by atoms with Gasteiger partial charge in [0.2, 0.25) is 0 Å². The summed E-state index contributed by atoms with van der Waals surface area (Å²) in [6, 6.07) is 17.7. The maximum atomic E-state index is 6.28. The maximum absolute atomic E-state index is 6.28. The van der Waals surface area contributed by atoms with Gasteiger partial charge < -0.3 is 0 Å². The van der Waals surface area contributed by atoms with Crippen LogP contribution in [0.15, 0.2) is 54.6 Å². The largest absolute Gasteiger partial charge is 0.278 e. The molecule has 3 aromatic rings. The van der Waals surface area contributed by atoms with Gasteiger partial charge in [0.15, 0.2) is 5.82 Å². The number of rotatable bonds is 3. The van der Waals surface area contributed by atoms with E-state index in [0.29, 0.717) is 10.4 Å². The van der Waals surface area contributed by atoms with E-state index < -0.39 is 0 Å². The van der Waals surface area contributed by atoms with Crippen molar-refractivity contribution < 1.29 is 0 Å². The van der Waals surface area contributed by atoms with Crippen LogP contribution in [0.4, 0.5) is 0 Å². The lowest BCUT2D eigenvalue weighted by Gasteiger charge is -2.10. The molecule has 0 radical (unpaired) electrons. The topological polar surface area (TPSA) is 30.7 Å². The molecule has 0 aliphatic carbocycles. The van der Waals surface area contributed by atoms with Gasteiger partial charge in [0.1, 0.15) is 5.82 Å². The average molecular weight is 349 g/mol. The Morgan fingerprint density at radius 2 is 1.65 bits per heavy atom. The van der Waals surface area contributed by atoms with Crippen LogP contribution in [0.2, 0.25) is 5.02 Å². The molecule has 0 aliphatic heterocycles. The molecule has 0 unspecified atom stereocenters. The summed E-state index contributed by atoms with van der Waals surface area (Å²) in [5, 5.41) is 9.82. The van der Waals surface area contributed by atoms with Crippen molar-refractivity contribution in [2.45, 2.75) is 5.33 Å². The third-order valence-corrected chi connectivity index (χ3v) is 3.81. The van der Waals surface area contributed by atoms with Crippen molar-refractivity contribution in [2.75, 3.05) is 0 Å². The molecule has 0 spiro atoms. The standard InChI is InChI=1S/C15H11BrClN3/c16-10-14-18-19-15(12-8-4-5-9-13(12)17)20(14)11-6-2-1-3-7-11/h1-9H,10H2. The fourth-order valence-electron chi connectivity index (χ4n) is 2.07. The van der Waals surface area contributed by atoms with Crippen molar-refractivity contribution in [1.82, 2.24) is 14.8 Å². The van der Waals surface area contributed by atoms with Gasteiger partial charge in [0.25, 0.3) is 0 Å². The molecule has 0 atom stereocenters. The van der Waals surface area contributed by atoms with Gasteiger partial charge in [-0.2, -0.15) is 0 Å². The summed E-state index contributed by atoms with van der Waals surface area (Å²) in [5.74, 6) is 1.59. The van der Waals surface area contributed by atoms with Crippen molar-refractivity contribution in [2.24, 2.45) is 0 Å². The zero-order valence-corrected chi connectivity index (χ0v) is 12.8. The summed E-state index contributed by atoms with van der Waals surface area (Å²) in [7, 11) is 0. The van der Waals surface area contributed by atoms with E-state index in [2.05, 4.69) is 26.1 Å². The second kappa shape index (κ2) is 5.77. The first-order chi connectivity index (χ1) is 9.81. The molecular weight excluding hydrogens is 338 g/mol. The second-order valence-corrected chi connectivity index (χ2v) is 5.19. The highest BCUT2D eigenvalue weighted by Gasteiger charge is 2.16. The SMILES string of the molecule is Clc1ccccc1-c1nnc(CBr)n1-c1ccccc1. The van der Waals surface area contributed by atoms with E-state index in [4.69, 9.17) is 11.6 Å². The lowest BCUT2D eigenvalue weighted by atomic mass is 10.2. The molecule has 3 rings (SSSR count). The Balaban J connectivity index is 2.24. The third-order valence-electron chi connectivity index (χ3n) is 2.98. The van der Waals surface area contributed by atoms with E-state index in [9.17, 15) is 0 Å². The monoisotopic (exact) mass is 347 g/mol. The smallest absolute Gasteiger partial charge is 0.170 e. The van der Waals surface area contributed by atoms with Crippen LogP contribution in [0.1, 0.15) is 5.82 Å². The van der Waals surface area contributed by atoms with Crippen LogP contribution >= 0.6 is 27.5 Å². The van der Waals surface area contributed by atoms with E-state index in [1.165, 1.54) is 0 Å². The Morgan fingerprint density at radius 3 is 2.35 bits per heavy atom. The minimum absolute atomic E-state index is 0.624. The fraction of sp³-hybridized carbons (Fsp3) is 0.0667. The van der Waals surface area contributed by atoms with Gasteiger partial charge in [-0.15, -0.1) is 10.2 Å². The first kappa shape index (κ1) is 13.3. The van der Waals surface area contributed by atoms with Crippen LogP contribution in [0.25, 0.3) is 17.1 Å². The molecule has 1 heterocycles. The molecular formula is C15H11BrClN3. The van der Waals surface area contributed by atoms with Crippen LogP contribution in [0, 0.1) is 0 Å². The van der Waals surface area contributed by atoms with Gasteiger partial charge in [-0.25, -0.2) is 0 Å². The summed E-state index contributed by atoms with van der Waals surface area (Å²) in [6.07, 6.45) is 0. The first-order valence-corrected chi connectivity index (χ1v) is 7.62. The van der Waals surface area contributed by atoms with E-state index in [0.717, 1.165) is 22.9 Å². The molecule has 0 saturated carbocycles. The highest BCUT2D eigenvalue weighted by molar-refractivity contribution is 9.08. The number of hydrogen-bond acceptors (Lipinski definition) is 2. The lowest BCUT2D eigenvalue weighted by molar-refractivity contribution is 0.962. The molecule has 20 heavy (non-hydrogen) atoms. The number of alkyl halides is 1. The summed E-state index contributed by atoms with van der Waals surface area (Å²) >= 11 is 9.73. The third kappa shape index (κ3) is 2.37. The fourth-order valence-corrected chi connectivity index (χ4v) is 2.65. The predicted octanol–water partition coefficient (Wildman–Crippen LogP) is 4.48. The Hall–Kier alpha value is -1.65. The molecule has 5 heteroatoms. The van der Waals surface area contributed by atoms with E-state index in [-0.39, 0.29) is 0 Å². The maximum Gasteiger partial charge on any atom is 0.170 e. The van der Waals surface area contributed by atoms with Gasteiger partial charge in [0.05, 0.1) is 10.4 Å². The number of aromatic nitrogens is 3. The molecule has 0 aliphatic rings. The summed E-state index contributed by atoms with van der Waals surface area (Å²) in [6.45, 7) is 0. The molecule has 100 valence electrons. The molecule has 1 aromatic heterocycles. The second-order valence-electron chi connectivity index (χ2n) is 4.22. The summed E-state index contributed by atoms with van der Waals surface area (Å²) in [5.41, 5.74) is 1.89. The van der Waals surface area contributed by atoms with Crippen LogP contribution in [-0.4, -0.2) is 14.8 Å². The number of hydrogen-bond donors (Lipinski definition) is 0. The summed E-state index contributed by atoms with van der Waals surface area (Å²) < 4.78 is 2.01. The normalized spacial score (nSPS) is 10.7. The van der Waals surface area contributed by atoms with Gasteiger partial charge in [-0.1, -0.05) is 57.9 Å². The molecule has 0 N–H and O–H groups in total. The molecule has 0 saturated heterocycles. The zero-order valence-electron chi connectivity index (χ0n) is 10.5. The van der Waals surface area contributed by atoms with Crippen molar-refractivity contribution in [3.8, 4) is 17.1 Å². The minimum Gasteiger partial charge on any atom is -0.278 e. The Bertz CT molecular complexity index is 725. The van der Waals surface area contributed by atoms with E-state index >= 15 is 0 Å². The predicted molar refractivity (Wildman–Crippen MR) is 84.4 cm³/mol. The number of benzene rings is 2. The quantitative estimate of drug-likeness (QED) is 0.653. The molecule has 2 aromatic carbocycles. The zero-order chi connectivity index (χ0) is 13.9. The van der Waals surface area contributed by atoms with Crippen LogP contribution < -0.4 is 0 Å². The highest BCUT2D eigenvalue weighted by Crippen LogP contribution is 2.29. The Morgan fingerprint density at radius 1 is 0.950 bits per heavy atom.